The van der Waals surface area contributed by atoms with E-state index in [0.717, 1.165) is 25.9 Å². The van der Waals surface area contributed by atoms with Gasteiger partial charge in [-0.05, 0) is 19.3 Å². The molecule has 4 nitrogen and oxygen atoms in total. The second kappa shape index (κ2) is 4.70. The van der Waals surface area contributed by atoms with E-state index >= 15 is 0 Å². The molecule has 0 bridgehead atoms. The van der Waals surface area contributed by atoms with Gasteiger partial charge in [0.1, 0.15) is 6.04 Å². The molecule has 1 rings (SSSR count). The van der Waals surface area contributed by atoms with Crippen LogP contribution in [0.4, 0.5) is 4.79 Å². The summed E-state index contributed by atoms with van der Waals surface area (Å²) in [6, 6.07) is 1.62. The Labute approximate surface area is 78.5 Å². The molecule has 1 saturated heterocycles. The molecule has 0 spiro atoms. The van der Waals surface area contributed by atoms with Crippen molar-refractivity contribution in [3.8, 4) is 6.07 Å². The Kier molecular flexibility index (Phi) is 3.56. The molecule has 1 N–H and O–H groups in total. The van der Waals surface area contributed by atoms with Gasteiger partial charge in [0.2, 0.25) is 0 Å². The first-order valence-electron chi connectivity index (χ1n) is 4.73. The Balaban J connectivity index is 2.35. The normalized spacial score (nSPS) is 18.0. The van der Waals surface area contributed by atoms with Crippen LogP contribution < -0.4 is 5.32 Å². The van der Waals surface area contributed by atoms with Crippen LogP contribution in [0.25, 0.3) is 0 Å². The molecular formula is C9H15N3O. The van der Waals surface area contributed by atoms with Crippen molar-refractivity contribution in [3.05, 3.63) is 0 Å². The molecule has 1 aliphatic heterocycles. The molecule has 1 unspecified atom stereocenters. The standard InChI is InChI=1S/C9H15N3O/c1-2-8(7-10)11-9(13)12-5-3-4-6-12/h8H,2-6H2,1H3,(H,11,13). The molecule has 1 atom stereocenters. The zero-order valence-corrected chi connectivity index (χ0v) is 7.92. The first kappa shape index (κ1) is 9.85. The van der Waals surface area contributed by atoms with Gasteiger partial charge in [0.25, 0.3) is 0 Å². The summed E-state index contributed by atoms with van der Waals surface area (Å²) in [6.07, 6.45) is 2.82. The van der Waals surface area contributed by atoms with Crippen molar-refractivity contribution in [2.75, 3.05) is 13.1 Å². The third-order valence-electron chi connectivity index (χ3n) is 2.26. The monoisotopic (exact) mass is 181 g/mol. The van der Waals surface area contributed by atoms with Crippen LogP contribution in [-0.4, -0.2) is 30.1 Å². The number of nitrogens with one attached hydrogen (secondary N) is 1. The second-order valence-electron chi connectivity index (χ2n) is 3.23. The molecule has 0 radical (unpaired) electrons. The Morgan fingerprint density at radius 2 is 2.23 bits per heavy atom. The van der Waals surface area contributed by atoms with Gasteiger partial charge >= 0.3 is 6.03 Å². The van der Waals surface area contributed by atoms with Gasteiger partial charge in [-0.2, -0.15) is 5.26 Å². The Morgan fingerprint density at radius 3 is 2.69 bits per heavy atom. The SMILES string of the molecule is CCC(C#N)NC(=O)N1CCCC1. The molecule has 72 valence electrons. The van der Waals surface area contributed by atoms with Crippen LogP contribution in [0.1, 0.15) is 26.2 Å². The van der Waals surface area contributed by atoms with Crippen molar-refractivity contribution < 1.29 is 4.79 Å². The van der Waals surface area contributed by atoms with Gasteiger partial charge in [0.15, 0.2) is 0 Å². The lowest BCUT2D eigenvalue weighted by molar-refractivity contribution is 0.206. The highest BCUT2D eigenvalue weighted by Crippen LogP contribution is 2.07. The molecule has 0 aromatic heterocycles. The third-order valence-corrected chi connectivity index (χ3v) is 2.26. The summed E-state index contributed by atoms with van der Waals surface area (Å²) >= 11 is 0. The van der Waals surface area contributed by atoms with E-state index in [1.165, 1.54) is 0 Å². The van der Waals surface area contributed by atoms with Crippen LogP contribution in [0.15, 0.2) is 0 Å². The second-order valence-corrected chi connectivity index (χ2v) is 3.23. The number of nitriles is 1. The average Bonchev–Trinajstić information content (AvgIpc) is 2.66. The van der Waals surface area contributed by atoms with Gasteiger partial charge in [0.05, 0.1) is 6.07 Å². The quantitative estimate of drug-likeness (QED) is 0.693. The molecule has 2 amide bonds. The van der Waals surface area contributed by atoms with E-state index < -0.39 is 0 Å². The fraction of sp³-hybridized carbons (Fsp3) is 0.778. The minimum absolute atomic E-state index is 0.0918. The number of hydrogen-bond donors (Lipinski definition) is 1. The van der Waals surface area contributed by atoms with Crippen molar-refractivity contribution in [2.45, 2.75) is 32.2 Å². The highest BCUT2D eigenvalue weighted by atomic mass is 16.2. The van der Waals surface area contributed by atoms with Crippen molar-refractivity contribution in [3.63, 3.8) is 0 Å². The summed E-state index contributed by atoms with van der Waals surface area (Å²) < 4.78 is 0. The van der Waals surface area contributed by atoms with Crippen LogP contribution in [0.5, 0.6) is 0 Å². The van der Waals surface area contributed by atoms with Crippen molar-refractivity contribution in [1.82, 2.24) is 10.2 Å². The number of amides is 2. The molecular weight excluding hydrogens is 166 g/mol. The highest BCUT2D eigenvalue weighted by molar-refractivity contribution is 5.75. The Hall–Kier alpha value is -1.24. The summed E-state index contributed by atoms with van der Waals surface area (Å²) in [7, 11) is 0. The largest absolute Gasteiger partial charge is 0.325 e. The summed E-state index contributed by atoms with van der Waals surface area (Å²) in [5, 5.41) is 11.3. The molecule has 0 saturated carbocycles. The number of rotatable bonds is 2. The molecule has 1 heterocycles. The number of likely N-dealkylation sites (tertiary alicyclic amines) is 1. The number of nitrogens with zero attached hydrogens (tertiary/aromatic N) is 2. The number of carbonyl (C=O) groups excluding carboxylic acids is 1. The zero-order valence-electron chi connectivity index (χ0n) is 7.92. The van der Waals surface area contributed by atoms with Crippen LogP contribution >= 0.6 is 0 Å². The molecule has 0 aromatic rings. The van der Waals surface area contributed by atoms with Crippen molar-refractivity contribution in [1.29, 1.82) is 5.26 Å². The topological polar surface area (TPSA) is 56.1 Å². The van der Waals surface area contributed by atoms with E-state index in [4.69, 9.17) is 5.26 Å². The molecule has 0 aliphatic carbocycles. The lowest BCUT2D eigenvalue weighted by atomic mass is 10.2. The summed E-state index contributed by atoms with van der Waals surface area (Å²) in [5.41, 5.74) is 0. The van der Waals surface area contributed by atoms with Gasteiger partial charge in [0, 0.05) is 13.1 Å². The van der Waals surface area contributed by atoms with E-state index in [-0.39, 0.29) is 12.1 Å². The molecule has 1 aliphatic rings. The van der Waals surface area contributed by atoms with Crippen molar-refractivity contribution in [2.24, 2.45) is 0 Å². The summed E-state index contributed by atoms with van der Waals surface area (Å²) in [4.78, 5) is 13.2. The van der Waals surface area contributed by atoms with E-state index in [1.807, 2.05) is 13.0 Å². The Bertz CT molecular complexity index is 215. The van der Waals surface area contributed by atoms with Crippen LogP contribution in [0, 0.1) is 11.3 Å². The first-order chi connectivity index (χ1) is 6.27. The minimum atomic E-state index is -0.340. The number of carbonyl (C=O) groups is 1. The van der Waals surface area contributed by atoms with Crippen LogP contribution in [-0.2, 0) is 0 Å². The van der Waals surface area contributed by atoms with Crippen LogP contribution in [0.3, 0.4) is 0 Å². The summed E-state index contributed by atoms with van der Waals surface area (Å²) in [5.74, 6) is 0. The van der Waals surface area contributed by atoms with Gasteiger partial charge < -0.3 is 10.2 Å². The first-order valence-corrected chi connectivity index (χ1v) is 4.73. The maximum absolute atomic E-state index is 11.4. The fourth-order valence-corrected chi connectivity index (χ4v) is 1.39. The molecule has 4 heteroatoms. The number of hydrogen-bond acceptors (Lipinski definition) is 2. The predicted octanol–water partition coefficient (Wildman–Crippen LogP) is 1.09. The van der Waals surface area contributed by atoms with Gasteiger partial charge in [-0.3, -0.25) is 0 Å². The lowest BCUT2D eigenvalue weighted by Crippen LogP contribution is -2.42. The predicted molar refractivity (Wildman–Crippen MR) is 49.0 cm³/mol. The fourth-order valence-electron chi connectivity index (χ4n) is 1.39. The minimum Gasteiger partial charge on any atom is -0.325 e. The van der Waals surface area contributed by atoms with E-state index in [1.54, 1.807) is 4.90 Å². The maximum Gasteiger partial charge on any atom is 0.318 e. The van der Waals surface area contributed by atoms with E-state index in [9.17, 15) is 4.79 Å². The van der Waals surface area contributed by atoms with Crippen LogP contribution in [0.2, 0.25) is 0 Å². The third kappa shape index (κ3) is 2.62. The van der Waals surface area contributed by atoms with E-state index in [0.29, 0.717) is 6.42 Å². The van der Waals surface area contributed by atoms with E-state index in [2.05, 4.69) is 5.32 Å². The maximum atomic E-state index is 11.4. The molecule has 0 aromatic carbocycles. The zero-order chi connectivity index (χ0) is 9.68. The van der Waals surface area contributed by atoms with Gasteiger partial charge in [-0.1, -0.05) is 6.92 Å². The molecule has 13 heavy (non-hydrogen) atoms. The number of urea groups is 1. The van der Waals surface area contributed by atoms with Gasteiger partial charge in [-0.25, -0.2) is 4.79 Å². The van der Waals surface area contributed by atoms with Crippen molar-refractivity contribution >= 4 is 6.03 Å². The van der Waals surface area contributed by atoms with Gasteiger partial charge in [-0.15, -0.1) is 0 Å². The lowest BCUT2D eigenvalue weighted by Gasteiger charge is -2.18. The smallest absolute Gasteiger partial charge is 0.318 e. The average molecular weight is 181 g/mol. The molecule has 1 fully saturated rings. The Morgan fingerprint density at radius 1 is 1.62 bits per heavy atom. The summed E-state index contributed by atoms with van der Waals surface area (Å²) in [6.45, 7) is 3.54. The highest BCUT2D eigenvalue weighted by Gasteiger charge is 2.19.